The van der Waals surface area contributed by atoms with E-state index >= 15 is 0 Å². The fourth-order valence-electron chi connectivity index (χ4n) is 1.75. The molecule has 0 aromatic heterocycles. The second-order valence-corrected chi connectivity index (χ2v) is 5.04. The summed E-state index contributed by atoms with van der Waals surface area (Å²) in [6.45, 7) is 2.47. The highest BCUT2D eigenvalue weighted by molar-refractivity contribution is 6.32. The summed E-state index contributed by atoms with van der Waals surface area (Å²) in [5, 5.41) is 9.04. The van der Waals surface area contributed by atoms with Gasteiger partial charge < -0.3 is 9.84 Å². The third-order valence-corrected chi connectivity index (χ3v) is 3.18. The first-order chi connectivity index (χ1) is 10.0. The standard InChI is InChI=1S/C17H15ClO3/c1-12-2-4-14(5-3-12)11-21-16-8-6-13(10-15(16)18)7-9-17(19)20/h2-10H,11H2,1H3,(H,19,20). The minimum absolute atomic E-state index is 0.435. The van der Waals surface area contributed by atoms with Gasteiger partial charge in [0.05, 0.1) is 5.02 Å². The topological polar surface area (TPSA) is 46.5 Å². The normalized spacial score (nSPS) is 10.8. The molecular weight excluding hydrogens is 288 g/mol. The molecule has 2 aromatic carbocycles. The van der Waals surface area contributed by atoms with Crippen molar-refractivity contribution in [3.8, 4) is 5.75 Å². The van der Waals surface area contributed by atoms with E-state index in [1.54, 1.807) is 18.2 Å². The molecule has 0 radical (unpaired) electrons. The lowest BCUT2D eigenvalue weighted by Crippen LogP contribution is -1.96. The molecule has 21 heavy (non-hydrogen) atoms. The molecule has 2 aromatic rings. The number of halogens is 1. The molecule has 0 aliphatic rings. The van der Waals surface area contributed by atoms with E-state index in [4.69, 9.17) is 21.4 Å². The molecule has 0 fully saturated rings. The molecule has 0 amide bonds. The van der Waals surface area contributed by atoms with Crippen LogP contribution in [0.3, 0.4) is 0 Å². The lowest BCUT2D eigenvalue weighted by atomic mass is 10.1. The number of benzene rings is 2. The summed E-state index contributed by atoms with van der Waals surface area (Å²) in [6, 6.07) is 13.2. The first-order valence-electron chi connectivity index (χ1n) is 6.43. The van der Waals surface area contributed by atoms with Gasteiger partial charge in [0, 0.05) is 6.08 Å². The molecule has 4 heteroatoms. The number of rotatable bonds is 5. The minimum Gasteiger partial charge on any atom is -0.487 e. The van der Waals surface area contributed by atoms with Gasteiger partial charge in [-0.3, -0.25) is 0 Å². The molecule has 3 nitrogen and oxygen atoms in total. The minimum atomic E-state index is -0.995. The molecule has 0 saturated heterocycles. The molecule has 0 bridgehead atoms. The van der Waals surface area contributed by atoms with E-state index in [1.165, 1.54) is 11.6 Å². The van der Waals surface area contributed by atoms with Crippen LogP contribution in [0.15, 0.2) is 48.5 Å². The number of hydrogen-bond acceptors (Lipinski definition) is 2. The van der Waals surface area contributed by atoms with Crippen molar-refractivity contribution in [1.29, 1.82) is 0 Å². The molecule has 0 aliphatic heterocycles. The van der Waals surface area contributed by atoms with Gasteiger partial charge in [0.25, 0.3) is 0 Å². The number of carboxylic acids is 1. The van der Waals surface area contributed by atoms with Crippen LogP contribution in [0.2, 0.25) is 5.02 Å². The molecule has 2 rings (SSSR count). The van der Waals surface area contributed by atoms with Crippen LogP contribution in [0.25, 0.3) is 6.08 Å². The van der Waals surface area contributed by atoms with Crippen LogP contribution in [0, 0.1) is 6.92 Å². The average Bonchev–Trinajstić information content (AvgIpc) is 2.46. The smallest absolute Gasteiger partial charge is 0.328 e. The Morgan fingerprint density at radius 3 is 2.57 bits per heavy atom. The summed E-state index contributed by atoms with van der Waals surface area (Å²) in [5.41, 5.74) is 2.97. The number of carboxylic acid groups (broad SMARTS) is 1. The summed E-state index contributed by atoms with van der Waals surface area (Å²) in [7, 11) is 0. The van der Waals surface area contributed by atoms with Gasteiger partial charge in [-0.25, -0.2) is 4.79 Å². The van der Waals surface area contributed by atoms with Crippen LogP contribution in [0.1, 0.15) is 16.7 Å². The second-order valence-electron chi connectivity index (χ2n) is 4.64. The molecule has 0 atom stereocenters. The second kappa shape index (κ2) is 6.95. The van der Waals surface area contributed by atoms with Gasteiger partial charge >= 0.3 is 5.97 Å². The summed E-state index contributed by atoms with van der Waals surface area (Å²) in [4.78, 5) is 10.5. The summed E-state index contributed by atoms with van der Waals surface area (Å²) >= 11 is 6.13. The van der Waals surface area contributed by atoms with Gasteiger partial charge in [-0.2, -0.15) is 0 Å². The maximum atomic E-state index is 10.5. The SMILES string of the molecule is Cc1ccc(COc2ccc(C=CC(=O)O)cc2Cl)cc1. The van der Waals surface area contributed by atoms with E-state index in [0.29, 0.717) is 22.9 Å². The fraction of sp³-hybridized carbons (Fsp3) is 0.118. The van der Waals surface area contributed by atoms with Gasteiger partial charge in [-0.05, 0) is 36.3 Å². The molecule has 0 unspecified atom stereocenters. The van der Waals surface area contributed by atoms with E-state index in [1.807, 2.05) is 31.2 Å². The maximum Gasteiger partial charge on any atom is 0.328 e. The average molecular weight is 303 g/mol. The third-order valence-electron chi connectivity index (χ3n) is 2.89. The van der Waals surface area contributed by atoms with E-state index in [2.05, 4.69) is 0 Å². The third kappa shape index (κ3) is 4.65. The van der Waals surface area contributed by atoms with Crippen molar-refractivity contribution >= 4 is 23.6 Å². The van der Waals surface area contributed by atoms with Gasteiger partial charge in [0.2, 0.25) is 0 Å². The Hall–Kier alpha value is -2.26. The van der Waals surface area contributed by atoms with Crippen LogP contribution in [-0.4, -0.2) is 11.1 Å². The molecule has 0 aliphatic carbocycles. The Morgan fingerprint density at radius 2 is 1.95 bits per heavy atom. The van der Waals surface area contributed by atoms with Crippen LogP contribution in [0.4, 0.5) is 0 Å². The van der Waals surface area contributed by atoms with Crippen molar-refractivity contribution in [3.05, 3.63) is 70.3 Å². The highest BCUT2D eigenvalue weighted by Gasteiger charge is 2.03. The van der Waals surface area contributed by atoms with Crippen LogP contribution < -0.4 is 4.74 Å². The Labute approximate surface area is 128 Å². The number of hydrogen-bond donors (Lipinski definition) is 1. The van der Waals surface area contributed by atoms with Gasteiger partial charge in [0.15, 0.2) is 0 Å². The van der Waals surface area contributed by atoms with Crippen LogP contribution in [-0.2, 0) is 11.4 Å². The Morgan fingerprint density at radius 1 is 1.24 bits per heavy atom. The van der Waals surface area contributed by atoms with E-state index < -0.39 is 5.97 Å². The monoisotopic (exact) mass is 302 g/mol. The zero-order valence-corrected chi connectivity index (χ0v) is 12.3. The van der Waals surface area contributed by atoms with Crippen molar-refractivity contribution < 1.29 is 14.6 Å². The van der Waals surface area contributed by atoms with Crippen molar-refractivity contribution in [1.82, 2.24) is 0 Å². The van der Waals surface area contributed by atoms with E-state index in [-0.39, 0.29) is 0 Å². The quantitative estimate of drug-likeness (QED) is 0.836. The Kier molecular flexibility index (Phi) is 5.01. The first-order valence-corrected chi connectivity index (χ1v) is 6.81. The molecule has 0 heterocycles. The molecule has 0 saturated carbocycles. The zero-order chi connectivity index (χ0) is 15.2. The zero-order valence-electron chi connectivity index (χ0n) is 11.5. The Balaban J connectivity index is 2.04. The van der Waals surface area contributed by atoms with Crippen LogP contribution >= 0.6 is 11.6 Å². The summed E-state index contributed by atoms with van der Waals surface area (Å²) in [6.07, 6.45) is 2.55. The first kappa shape index (κ1) is 15.1. The highest BCUT2D eigenvalue weighted by atomic mass is 35.5. The predicted octanol–water partition coefficient (Wildman–Crippen LogP) is 4.33. The van der Waals surface area contributed by atoms with Gasteiger partial charge in [-0.1, -0.05) is 47.5 Å². The fourth-order valence-corrected chi connectivity index (χ4v) is 1.99. The Bertz CT molecular complexity index is 660. The number of ether oxygens (including phenoxy) is 1. The predicted molar refractivity (Wildman–Crippen MR) is 83.6 cm³/mol. The number of carbonyl (C=O) groups is 1. The van der Waals surface area contributed by atoms with E-state index in [0.717, 1.165) is 11.6 Å². The summed E-state index contributed by atoms with van der Waals surface area (Å²) in [5.74, 6) is -0.421. The molecule has 108 valence electrons. The highest BCUT2D eigenvalue weighted by Crippen LogP contribution is 2.26. The van der Waals surface area contributed by atoms with Crippen molar-refractivity contribution in [2.24, 2.45) is 0 Å². The largest absolute Gasteiger partial charge is 0.487 e. The number of aliphatic carboxylic acids is 1. The van der Waals surface area contributed by atoms with Gasteiger partial charge in [-0.15, -0.1) is 0 Å². The molecule has 0 spiro atoms. The molecule has 1 N–H and O–H groups in total. The van der Waals surface area contributed by atoms with Gasteiger partial charge in [0.1, 0.15) is 12.4 Å². The summed E-state index contributed by atoms with van der Waals surface area (Å²) < 4.78 is 5.67. The van der Waals surface area contributed by atoms with Crippen molar-refractivity contribution in [2.75, 3.05) is 0 Å². The maximum absolute atomic E-state index is 10.5. The van der Waals surface area contributed by atoms with Crippen molar-refractivity contribution in [2.45, 2.75) is 13.5 Å². The lowest BCUT2D eigenvalue weighted by Gasteiger charge is -2.09. The van der Waals surface area contributed by atoms with Crippen molar-refractivity contribution in [3.63, 3.8) is 0 Å². The van der Waals surface area contributed by atoms with Crippen LogP contribution in [0.5, 0.6) is 5.75 Å². The van der Waals surface area contributed by atoms with E-state index in [9.17, 15) is 4.79 Å². The molecular formula is C17H15ClO3. The lowest BCUT2D eigenvalue weighted by molar-refractivity contribution is -0.131. The number of aryl methyl sites for hydroxylation is 1.